The van der Waals surface area contributed by atoms with Crippen molar-refractivity contribution in [2.45, 2.75) is 4.90 Å². The molecule has 0 spiro atoms. The first-order valence-corrected chi connectivity index (χ1v) is 10.2. The van der Waals surface area contributed by atoms with Gasteiger partial charge in [-0.25, -0.2) is 17.2 Å². The van der Waals surface area contributed by atoms with Crippen molar-refractivity contribution in [3.8, 4) is 5.75 Å². The number of amides is 1. The Labute approximate surface area is 170 Å². The molecule has 2 aromatic rings. The van der Waals surface area contributed by atoms with Crippen molar-refractivity contribution in [3.05, 3.63) is 63.7 Å². The predicted molar refractivity (Wildman–Crippen MR) is 101 cm³/mol. The molecule has 1 aliphatic heterocycles. The van der Waals surface area contributed by atoms with Gasteiger partial charge in [0.1, 0.15) is 11.6 Å². The summed E-state index contributed by atoms with van der Waals surface area (Å²) in [5.74, 6) is -2.47. The molecule has 0 atom stereocenters. The normalized spacial score (nSPS) is 15.1. The molecule has 0 unspecified atom stereocenters. The van der Waals surface area contributed by atoms with E-state index in [9.17, 15) is 32.1 Å². The summed E-state index contributed by atoms with van der Waals surface area (Å²) in [5.41, 5.74) is -0.657. The Kier molecular flexibility index (Phi) is 5.99. The van der Waals surface area contributed by atoms with Crippen molar-refractivity contribution >= 4 is 21.6 Å². The molecule has 0 bridgehead atoms. The fraction of sp³-hybridized carbons (Fsp3) is 0.278. The molecule has 1 saturated heterocycles. The minimum atomic E-state index is -4.05. The maximum atomic E-state index is 13.3. The molecule has 0 aromatic heterocycles. The van der Waals surface area contributed by atoms with Crippen LogP contribution in [0.25, 0.3) is 0 Å². The van der Waals surface area contributed by atoms with Gasteiger partial charge in [0, 0.05) is 43.9 Å². The highest BCUT2D eigenvalue weighted by molar-refractivity contribution is 7.89. The summed E-state index contributed by atoms with van der Waals surface area (Å²) in [4.78, 5) is 23.9. The van der Waals surface area contributed by atoms with E-state index in [2.05, 4.69) is 0 Å². The van der Waals surface area contributed by atoms with Crippen LogP contribution < -0.4 is 4.74 Å². The molecule has 30 heavy (non-hydrogen) atoms. The number of piperazine rings is 1. The van der Waals surface area contributed by atoms with E-state index in [0.29, 0.717) is 6.07 Å². The Bertz CT molecular complexity index is 1080. The molecule has 9 nitrogen and oxygen atoms in total. The van der Waals surface area contributed by atoms with Crippen LogP contribution in [0.4, 0.5) is 14.5 Å². The molecular weight excluding hydrogens is 424 g/mol. The SMILES string of the molecule is COc1ccc(S(=O)(=O)N2CCN(C(=O)c3cc(F)cc(F)c3)CC2)cc1[N+](=O)[O-]. The molecule has 1 heterocycles. The second kappa shape index (κ2) is 8.32. The van der Waals surface area contributed by atoms with Crippen LogP contribution in [0, 0.1) is 21.7 Å². The van der Waals surface area contributed by atoms with E-state index in [1.165, 1.54) is 24.1 Å². The molecule has 3 rings (SSSR count). The van der Waals surface area contributed by atoms with Crippen LogP contribution in [0.15, 0.2) is 41.3 Å². The van der Waals surface area contributed by atoms with Gasteiger partial charge in [-0.15, -0.1) is 0 Å². The summed E-state index contributed by atoms with van der Waals surface area (Å²) in [7, 11) is -2.82. The first-order chi connectivity index (χ1) is 14.1. The lowest BCUT2D eigenvalue weighted by molar-refractivity contribution is -0.386. The maximum Gasteiger partial charge on any atom is 0.312 e. The lowest BCUT2D eigenvalue weighted by Gasteiger charge is -2.34. The largest absolute Gasteiger partial charge is 0.490 e. The van der Waals surface area contributed by atoms with Gasteiger partial charge < -0.3 is 9.64 Å². The smallest absolute Gasteiger partial charge is 0.312 e. The summed E-state index contributed by atoms with van der Waals surface area (Å²) in [5, 5.41) is 11.2. The molecule has 12 heteroatoms. The van der Waals surface area contributed by atoms with Crippen molar-refractivity contribution in [1.82, 2.24) is 9.21 Å². The standard InChI is InChI=1S/C18H17F2N3O6S/c1-29-17-3-2-15(11-16(17)23(25)26)30(27,28)22-6-4-21(5-7-22)18(24)12-8-13(19)10-14(20)9-12/h2-3,8-11H,4-7H2,1H3. The van der Waals surface area contributed by atoms with E-state index >= 15 is 0 Å². The quantitative estimate of drug-likeness (QED) is 0.519. The van der Waals surface area contributed by atoms with Gasteiger partial charge in [-0.05, 0) is 24.3 Å². The number of benzene rings is 2. The highest BCUT2D eigenvalue weighted by Crippen LogP contribution is 2.30. The Morgan fingerprint density at radius 3 is 2.20 bits per heavy atom. The highest BCUT2D eigenvalue weighted by Gasteiger charge is 2.32. The molecule has 0 saturated carbocycles. The Morgan fingerprint density at radius 1 is 1.07 bits per heavy atom. The van der Waals surface area contributed by atoms with Crippen molar-refractivity contribution in [2.24, 2.45) is 0 Å². The summed E-state index contributed by atoms with van der Waals surface area (Å²) >= 11 is 0. The minimum Gasteiger partial charge on any atom is -0.490 e. The summed E-state index contributed by atoms with van der Waals surface area (Å²) in [6.07, 6.45) is 0. The lowest BCUT2D eigenvalue weighted by Crippen LogP contribution is -2.50. The molecular formula is C18H17F2N3O6S. The van der Waals surface area contributed by atoms with Crippen molar-refractivity contribution in [2.75, 3.05) is 33.3 Å². The number of hydrogen-bond acceptors (Lipinski definition) is 6. The third kappa shape index (κ3) is 4.24. The number of ether oxygens (including phenoxy) is 1. The molecule has 1 amide bonds. The fourth-order valence-electron chi connectivity index (χ4n) is 3.11. The Morgan fingerprint density at radius 2 is 1.67 bits per heavy atom. The molecule has 1 fully saturated rings. The van der Waals surface area contributed by atoms with Crippen molar-refractivity contribution < 1.29 is 31.7 Å². The topological polar surface area (TPSA) is 110 Å². The Balaban J connectivity index is 1.76. The number of halogens is 2. The molecule has 160 valence electrons. The third-order valence-corrected chi connectivity index (χ3v) is 6.51. The van der Waals surface area contributed by atoms with Gasteiger partial charge in [-0.2, -0.15) is 4.31 Å². The minimum absolute atomic E-state index is 0.00551. The van der Waals surface area contributed by atoms with E-state index in [1.54, 1.807) is 0 Å². The average Bonchev–Trinajstić information content (AvgIpc) is 2.72. The zero-order valence-corrected chi connectivity index (χ0v) is 16.6. The number of carbonyl (C=O) groups excluding carboxylic acids is 1. The van der Waals surface area contributed by atoms with Gasteiger partial charge in [0.2, 0.25) is 10.0 Å². The first-order valence-electron chi connectivity index (χ1n) is 8.71. The van der Waals surface area contributed by atoms with Crippen LogP contribution in [-0.2, 0) is 10.0 Å². The number of hydrogen-bond donors (Lipinski definition) is 0. The molecule has 0 N–H and O–H groups in total. The predicted octanol–water partition coefficient (Wildman–Crippen LogP) is 2.03. The van der Waals surface area contributed by atoms with Crippen LogP contribution in [-0.4, -0.2) is 61.7 Å². The molecule has 2 aromatic carbocycles. The van der Waals surface area contributed by atoms with Crippen molar-refractivity contribution in [1.29, 1.82) is 0 Å². The second-order valence-electron chi connectivity index (χ2n) is 6.45. The number of carbonyl (C=O) groups is 1. The number of rotatable bonds is 5. The number of nitrogens with zero attached hydrogens (tertiary/aromatic N) is 3. The number of nitro benzene ring substituents is 1. The van der Waals surface area contributed by atoms with Crippen LogP contribution in [0.1, 0.15) is 10.4 Å². The van der Waals surface area contributed by atoms with E-state index in [0.717, 1.165) is 22.5 Å². The number of sulfonamides is 1. The zero-order valence-electron chi connectivity index (χ0n) is 15.7. The summed E-state index contributed by atoms with van der Waals surface area (Å²) in [6.45, 7) is -0.166. The maximum absolute atomic E-state index is 13.3. The average molecular weight is 441 g/mol. The van der Waals surface area contributed by atoms with E-state index in [-0.39, 0.29) is 42.4 Å². The summed E-state index contributed by atoms with van der Waals surface area (Å²) < 4.78 is 58.4. The van der Waals surface area contributed by atoms with Gasteiger partial charge in [0.15, 0.2) is 5.75 Å². The van der Waals surface area contributed by atoms with Gasteiger partial charge in [0.25, 0.3) is 5.91 Å². The molecule has 1 aliphatic rings. The molecule has 0 aliphatic carbocycles. The van der Waals surface area contributed by atoms with Gasteiger partial charge in [-0.3, -0.25) is 14.9 Å². The van der Waals surface area contributed by atoms with E-state index < -0.39 is 38.2 Å². The van der Waals surface area contributed by atoms with E-state index in [4.69, 9.17) is 4.74 Å². The number of methoxy groups -OCH3 is 1. The zero-order chi connectivity index (χ0) is 22.1. The van der Waals surface area contributed by atoms with Crippen LogP contribution in [0.2, 0.25) is 0 Å². The fourth-order valence-corrected chi connectivity index (χ4v) is 4.56. The van der Waals surface area contributed by atoms with Gasteiger partial charge >= 0.3 is 5.69 Å². The van der Waals surface area contributed by atoms with Crippen molar-refractivity contribution in [3.63, 3.8) is 0 Å². The van der Waals surface area contributed by atoms with Gasteiger partial charge in [0.05, 0.1) is 16.9 Å². The van der Waals surface area contributed by atoms with E-state index in [1.807, 2.05) is 0 Å². The second-order valence-corrected chi connectivity index (χ2v) is 8.38. The monoisotopic (exact) mass is 441 g/mol. The van der Waals surface area contributed by atoms with Crippen LogP contribution in [0.5, 0.6) is 5.75 Å². The summed E-state index contributed by atoms with van der Waals surface area (Å²) in [6, 6.07) is 5.78. The van der Waals surface area contributed by atoms with Gasteiger partial charge in [-0.1, -0.05) is 0 Å². The van der Waals surface area contributed by atoms with Crippen LogP contribution >= 0.6 is 0 Å². The Hall–Kier alpha value is -3.12. The highest BCUT2D eigenvalue weighted by atomic mass is 32.2. The molecule has 0 radical (unpaired) electrons. The third-order valence-electron chi connectivity index (χ3n) is 4.62. The lowest BCUT2D eigenvalue weighted by atomic mass is 10.1. The number of nitro groups is 1. The van der Waals surface area contributed by atoms with Crippen LogP contribution in [0.3, 0.4) is 0 Å². The first kappa shape index (κ1) is 21.6.